The highest BCUT2D eigenvalue weighted by Crippen LogP contribution is 2.38. The molecule has 1 atom stereocenters. The first-order valence-electron chi connectivity index (χ1n) is 18.9. The molecule has 3 aromatic heterocycles. The third-order valence-electron chi connectivity index (χ3n) is 10.8. The zero-order valence-electron chi connectivity index (χ0n) is 30.5. The summed E-state index contributed by atoms with van der Waals surface area (Å²) in [5, 5.41) is 8.42. The monoisotopic (exact) mass is 745 g/mol. The van der Waals surface area contributed by atoms with E-state index in [0.717, 1.165) is 81.7 Å². The first-order chi connectivity index (χ1) is 25.9. The Labute approximate surface area is 312 Å². The van der Waals surface area contributed by atoms with Crippen LogP contribution in [-0.4, -0.2) is 68.8 Å². The second kappa shape index (κ2) is 15.8. The van der Waals surface area contributed by atoms with Crippen molar-refractivity contribution < 1.29 is 32.3 Å². The number of nitrogens with zero attached hydrogens (tertiary/aromatic N) is 4. The van der Waals surface area contributed by atoms with Gasteiger partial charge in [0.1, 0.15) is 34.5 Å². The molecule has 1 saturated carbocycles. The average Bonchev–Trinajstić information content (AvgIpc) is 3.56. The number of halogens is 3. The summed E-state index contributed by atoms with van der Waals surface area (Å²) in [6.07, 6.45) is 6.06. The molecule has 4 aromatic rings. The molecule has 3 amide bonds. The number of nitrogens with one attached hydrogen (secondary N) is 3. The van der Waals surface area contributed by atoms with Gasteiger partial charge in [-0.1, -0.05) is 18.2 Å². The maximum atomic E-state index is 13.2. The first kappa shape index (κ1) is 37.3. The lowest BCUT2D eigenvalue weighted by molar-refractivity contribution is -0.141. The van der Waals surface area contributed by atoms with E-state index < -0.39 is 23.8 Å². The van der Waals surface area contributed by atoms with E-state index in [-0.39, 0.29) is 23.6 Å². The van der Waals surface area contributed by atoms with Crippen LogP contribution in [0.15, 0.2) is 60.9 Å². The van der Waals surface area contributed by atoms with Crippen LogP contribution in [0.2, 0.25) is 0 Å². The fourth-order valence-electron chi connectivity index (χ4n) is 7.95. The number of pyridine rings is 2. The second-order valence-corrected chi connectivity index (χ2v) is 15.1. The molecule has 5 heterocycles. The van der Waals surface area contributed by atoms with E-state index in [0.29, 0.717) is 47.7 Å². The molecule has 2 aliphatic heterocycles. The second-order valence-electron chi connectivity index (χ2n) is 15.1. The number of benzene rings is 1. The highest BCUT2D eigenvalue weighted by atomic mass is 19.4. The number of rotatable bonds is 10. The van der Waals surface area contributed by atoms with Crippen molar-refractivity contribution in [3.63, 3.8) is 0 Å². The maximum absolute atomic E-state index is 13.2. The first-order valence-corrected chi connectivity index (χ1v) is 18.9. The Morgan fingerprint density at radius 2 is 1.70 bits per heavy atom. The highest BCUT2D eigenvalue weighted by molar-refractivity contribution is 6.04. The van der Waals surface area contributed by atoms with Crippen LogP contribution in [0.5, 0.6) is 5.75 Å². The molecule has 7 rings (SSSR count). The predicted octanol–water partition coefficient (Wildman–Crippen LogP) is 7.16. The van der Waals surface area contributed by atoms with E-state index in [4.69, 9.17) is 9.72 Å². The minimum absolute atomic E-state index is 0.215. The van der Waals surface area contributed by atoms with E-state index in [9.17, 15) is 27.6 Å². The van der Waals surface area contributed by atoms with Crippen molar-refractivity contribution in [3.05, 3.63) is 83.6 Å². The van der Waals surface area contributed by atoms with Gasteiger partial charge in [-0.15, -0.1) is 0 Å². The topological polar surface area (TPSA) is 130 Å². The molecular weight excluding hydrogens is 699 g/mol. The Kier molecular flexibility index (Phi) is 10.9. The number of anilines is 2. The SMILES string of the molecule is CC(C)Oc1cc2nc(C3CCC(CN4CCC(c5cccc(NC6CCC(=O)NC6=O)c5)CC4)CC3)cn2cc1NC(=O)c1cccc(C(F)(F)F)n1. The van der Waals surface area contributed by atoms with Crippen molar-refractivity contribution in [2.75, 3.05) is 30.3 Å². The molecular formula is C40H46F3N7O4. The molecule has 1 aromatic carbocycles. The molecule has 3 N–H and O–H groups in total. The predicted molar refractivity (Wildman–Crippen MR) is 197 cm³/mol. The standard InChI is InChI=1S/C40H46F3N7O4/c1-24(2)54-34-20-36-46-32(22-50(36)23-33(34)47-38(52)30-7-4-8-35(45-30)40(41,42)43)27-11-9-25(10-12-27)21-49-17-15-26(16-18-49)28-5-3-6-29(19-28)44-31-13-14-37(51)48-39(31)53/h3-8,19-20,22-27,31,44H,9-18,21H2,1-2H3,(H,47,52)(H,48,51,53). The number of imidazole rings is 1. The van der Waals surface area contributed by atoms with E-state index in [2.05, 4.69) is 38.0 Å². The molecule has 0 radical (unpaired) electrons. The number of carbonyl (C=O) groups is 3. The van der Waals surface area contributed by atoms with Crippen molar-refractivity contribution in [2.24, 2.45) is 5.92 Å². The summed E-state index contributed by atoms with van der Waals surface area (Å²) < 4.78 is 47.5. The van der Waals surface area contributed by atoms with Crippen LogP contribution in [0.1, 0.15) is 104 Å². The van der Waals surface area contributed by atoms with Gasteiger partial charge >= 0.3 is 6.18 Å². The number of amides is 3. The third kappa shape index (κ3) is 8.86. The maximum Gasteiger partial charge on any atom is 0.433 e. The zero-order valence-corrected chi connectivity index (χ0v) is 30.5. The number of aromatic nitrogens is 3. The van der Waals surface area contributed by atoms with Crippen LogP contribution in [0.3, 0.4) is 0 Å². The van der Waals surface area contributed by atoms with Crippen molar-refractivity contribution >= 4 is 34.7 Å². The van der Waals surface area contributed by atoms with Gasteiger partial charge in [0, 0.05) is 43.0 Å². The van der Waals surface area contributed by atoms with Gasteiger partial charge in [-0.2, -0.15) is 13.2 Å². The number of imide groups is 1. The number of hydrogen-bond acceptors (Lipinski definition) is 8. The van der Waals surface area contributed by atoms with Crippen LogP contribution in [0.25, 0.3) is 5.65 Å². The number of fused-ring (bicyclic) bond motifs is 1. The van der Waals surface area contributed by atoms with Crippen LogP contribution in [0.4, 0.5) is 24.5 Å². The molecule has 3 aliphatic rings. The Balaban J connectivity index is 0.927. The van der Waals surface area contributed by atoms with Gasteiger partial charge in [0.05, 0.1) is 11.8 Å². The third-order valence-corrected chi connectivity index (χ3v) is 10.8. The van der Waals surface area contributed by atoms with Gasteiger partial charge in [0.2, 0.25) is 11.8 Å². The molecule has 1 unspecified atom stereocenters. The molecule has 0 bridgehead atoms. The minimum atomic E-state index is -4.67. The molecule has 286 valence electrons. The van der Waals surface area contributed by atoms with Crippen LogP contribution < -0.4 is 20.7 Å². The molecule has 3 fully saturated rings. The lowest BCUT2D eigenvalue weighted by Gasteiger charge is -2.36. The number of carbonyl (C=O) groups excluding carboxylic acids is 3. The number of alkyl halides is 3. The van der Waals surface area contributed by atoms with Gasteiger partial charge in [0.25, 0.3) is 5.91 Å². The summed E-state index contributed by atoms with van der Waals surface area (Å²) in [5.41, 5.74) is 2.66. The summed E-state index contributed by atoms with van der Waals surface area (Å²) in [6.45, 7) is 6.89. The molecule has 54 heavy (non-hydrogen) atoms. The van der Waals surface area contributed by atoms with Crippen molar-refractivity contribution in [1.29, 1.82) is 0 Å². The Morgan fingerprint density at radius 3 is 2.43 bits per heavy atom. The van der Waals surface area contributed by atoms with Gasteiger partial charge in [-0.05, 0) is 114 Å². The summed E-state index contributed by atoms with van der Waals surface area (Å²) in [6, 6.07) is 12.9. The average molecular weight is 746 g/mol. The number of hydrogen-bond donors (Lipinski definition) is 3. The van der Waals surface area contributed by atoms with Crippen molar-refractivity contribution in [1.82, 2.24) is 24.6 Å². The van der Waals surface area contributed by atoms with E-state index in [1.165, 1.54) is 11.6 Å². The van der Waals surface area contributed by atoms with Crippen LogP contribution in [0, 0.1) is 5.92 Å². The summed E-state index contributed by atoms with van der Waals surface area (Å²) in [7, 11) is 0. The molecule has 11 nitrogen and oxygen atoms in total. The Bertz CT molecular complexity index is 2000. The van der Waals surface area contributed by atoms with Gasteiger partial charge in [-0.3, -0.25) is 19.7 Å². The van der Waals surface area contributed by atoms with Gasteiger partial charge in [-0.25, -0.2) is 9.97 Å². The molecule has 2 saturated heterocycles. The Morgan fingerprint density at radius 1 is 0.944 bits per heavy atom. The lowest BCUT2D eigenvalue weighted by atomic mass is 9.80. The molecule has 14 heteroatoms. The summed E-state index contributed by atoms with van der Waals surface area (Å²) in [5.74, 6) is 0.507. The molecule has 0 spiro atoms. The van der Waals surface area contributed by atoms with E-state index in [1.54, 1.807) is 12.3 Å². The fraction of sp³-hybridized carbons (Fsp3) is 0.475. The lowest BCUT2D eigenvalue weighted by Crippen LogP contribution is -2.47. The van der Waals surface area contributed by atoms with E-state index >= 15 is 0 Å². The van der Waals surface area contributed by atoms with Gasteiger partial charge in [0.15, 0.2) is 0 Å². The van der Waals surface area contributed by atoms with Crippen molar-refractivity contribution in [3.8, 4) is 5.75 Å². The van der Waals surface area contributed by atoms with E-state index in [1.807, 2.05) is 36.6 Å². The fourth-order valence-corrected chi connectivity index (χ4v) is 7.95. The van der Waals surface area contributed by atoms with Crippen LogP contribution >= 0.6 is 0 Å². The summed E-state index contributed by atoms with van der Waals surface area (Å²) >= 11 is 0. The van der Waals surface area contributed by atoms with Gasteiger partial charge < -0.3 is 24.7 Å². The minimum Gasteiger partial charge on any atom is -0.489 e. The van der Waals surface area contributed by atoms with Crippen LogP contribution in [-0.2, 0) is 15.8 Å². The Hall–Kier alpha value is -4.98. The quantitative estimate of drug-likeness (QED) is 0.146. The number of likely N-dealkylation sites (tertiary alicyclic amines) is 1. The normalized spacial score (nSPS) is 21.6. The summed E-state index contributed by atoms with van der Waals surface area (Å²) in [4.78, 5) is 47.8. The smallest absolute Gasteiger partial charge is 0.433 e. The zero-order chi connectivity index (χ0) is 38.0. The number of ether oxygens (including phenoxy) is 1. The number of piperidine rings is 2. The molecule has 1 aliphatic carbocycles. The largest absolute Gasteiger partial charge is 0.489 e. The highest BCUT2D eigenvalue weighted by Gasteiger charge is 2.33. The van der Waals surface area contributed by atoms with Crippen molar-refractivity contribution in [2.45, 2.75) is 95.4 Å².